The van der Waals surface area contributed by atoms with Crippen LogP contribution in [0.2, 0.25) is 0 Å². The van der Waals surface area contributed by atoms with Crippen molar-refractivity contribution in [3.05, 3.63) is 53.8 Å². The Hall–Kier alpha value is -4.06. The lowest BCUT2D eigenvalue weighted by Gasteiger charge is -2.27. The van der Waals surface area contributed by atoms with E-state index in [-0.39, 0.29) is 29.2 Å². The molecule has 37 heavy (non-hydrogen) atoms. The second-order valence-electron chi connectivity index (χ2n) is 9.71. The Balaban J connectivity index is 1.40. The Morgan fingerprint density at radius 3 is 2.73 bits per heavy atom. The third kappa shape index (κ3) is 4.84. The Kier molecular flexibility index (Phi) is 6.50. The largest absolute Gasteiger partial charge is 0.493 e. The lowest BCUT2D eigenvalue weighted by molar-refractivity contribution is 0.0906. The summed E-state index contributed by atoms with van der Waals surface area (Å²) in [6, 6.07) is 5.25. The van der Waals surface area contributed by atoms with E-state index in [9.17, 15) is 4.79 Å². The van der Waals surface area contributed by atoms with Crippen LogP contribution in [-0.2, 0) is 16.7 Å². The van der Waals surface area contributed by atoms with Gasteiger partial charge in [0.05, 0.1) is 37.7 Å². The summed E-state index contributed by atoms with van der Waals surface area (Å²) in [5.74, 6) is -0.874. The van der Waals surface area contributed by atoms with Gasteiger partial charge < -0.3 is 24.2 Å². The molecule has 1 aliphatic rings. The first-order chi connectivity index (χ1) is 17.8. The number of ether oxygens (including phenoxy) is 2. The number of aromatic nitrogens is 5. The van der Waals surface area contributed by atoms with Crippen molar-refractivity contribution in [1.82, 2.24) is 30.1 Å². The molecule has 0 saturated carbocycles. The standard InChI is InChI=1S/C25H28FN7O4/c1-25(2,3)24-30-23(37-31-24)22(34)27-12-15-5-6-17(19(26)21(15)35-4)20-18-11-16(13-33(18)29-14-28-20)32-7-9-36-10-8-32/h5-6,11,13-14H,7-10,12H2,1-4H3,(H,27,34). The molecule has 0 aliphatic carbocycles. The van der Waals surface area contributed by atoms with Crippen molar-refractivity contribution in [1.29, 1.82) is 0 Å². The molecule has 1 aromatic carbocycles. The molecule has 194 valence electrons. The van der Waals surface area contributed by atoms with Crippen LogP contribution >= 0.6 is 0 Å². The molecule has 1 amide bonds. The van der Waals surface area contributed by atoms with Crippen LogP contribution in [0.15, 0.2) is 35.2 Å². The Labute approximate surface area is 212 Å². The molecule has 5 rings (SSSR count). The molecule has 1 fully saturated rings. The van der Waals surface area contributed by atoms with Crippen molar-refractivity contribution in [3.8, 4) is 17.0 Å². The van der Waals surface area contributed by atoms with Crippen LogP contribution in [0.3, 0.4) is 0 Å². The molecule has 4 heterocycles. The third-order valence-electron chi connectivity index (χ3n) is 6.14. The number of nitrogens with one attached hydrogen (secondary N) is 1. The van der Waals surface area contributed by atoms with E-state index in [1.54, 1.807) is 16.6 Å². The number of amides is 1. The van der Waals surface area contributed by atoms with Crippen LogP contribution in [-0.4, -0.2) is 64.1 Å². The summed E-state index contributed by atoms with van der Waals surface area (Å²) < 4.78 is 33.3. The molecule has 12 heteroatoms. The van der Waals surface area contributed by atoms with Gasteiger partial charge in [-0.15, -0.1) is 0 Å². The zero-order chi connectivity index (χ0) is 26.2. The van der Waals surface area contributed by atoms with Gasteiger partial charge in [-0.2, -0.15) is 10.1 Å². The Morgan fingerprint density at radius 1 is 1.24 bits per heavy atom. The van der Waals surface area contributed by atoms with E-state index in [0.29, 0.717) is 35.8 Å². The number of halogens is 1. The quantitative estimate of drug-likeness (QED) is 0.418. The van der Waals surface area contributed by atoms with E-state index in [0.717, 1.165) is 18.8 Å². The van der Waals surface area contributed by atoms with Crippen molar-refractivity contribution in [3.63, 3.8) is 0 Å². The first-order valence-corrected chi connectivity index (χ1v) is 11.9. The highest BCUT2D eigenvalue weighted by Gasteiger charge is 2.25. The van der Waals surface area contributed by atoms with Crippen LogP contribution in [0.5, 0.6) is 5.75 Å². The predicted molar refractivity (Wildman–Crippen MR) is 132 cm³/mol. The maximum Gasteiger partial charge on any atom is 0.315 e. The van der Waals surface area contributed by atoms with Crippen molar-refractivity contribution < 1.29 is 23.2 Å². The lowest BCUT2D eigenvalue weighted by Crippen LogP contribution is -2.35. The molecule has 1 aliphatic heterocycles. The molecule has 1 saturated heterocycles. The van der Waals surface area contributed by atoms with Crippen molar-refractivity contribution >= 4 is 17.1 Å². The number of rotatable bonds is 6. The van der Waals surface area contributed by atoms with Gasteiger partial charge in [-0.05, 0) is 12.1 Å². The topological polar surface area (TPSA) is 120 Å². The molecule has 11 nitrogen and oxygen atoms in total. The number of methoxy groups -OCH3 is 1. The highest BCUT2D eigenvalue weighted by molar-refractivity contribution is 5.89. The summed E-state index contributed by atoms with van der Waals surface area (Å²) >= 11 is 0. The molecule has 0 bridgehead atoms. The summed E-state index contributed by atoms with van der Waals surface area (Å²) in [6.07, 6.45) is 3.29. The number of fused-ring (bicyclic) bond motifs is 1. The second kappa shape index (κ2) is 9.77. The number of hydrogen-bond acceptors (Lipinski definition) is 9. The number of carbonyl (C=O) groups is 1. The van der Waals surface area contributed by atoms with Gasteiger partial charge in [0.25, 0.3) is 0 Å². The smallest absolute Gasteiger partial charge is 0.315 e. The second-order valence-corrected chi connectivity index (χ2v) is 9.71. The average Bonchev–Trinajstić information content (AvgIpc) is 3.56. The minimum Gasteiger partial charge on any atom is -0.493 e. The lowest BCUT2D eigenvalue weighted by atomic mass is 9.96. The van der Waals surface area contributed by atoms with Gasteiger partial charge in [-0.25, -0.2) is 13.9 Å². The van der Waals surface area contributed by atoms with Gasteiger partial charge >= 0.3 is 11.8 Å². The first-order valence-electron chi connectivity index (χ1n) is 11.9. The van der Waals surface area contributed by atoms with Crippen LogP contribution in [0.25, 0.3) is 16.8 Å². The molecule has 3 aromatic heterocycles. The van der Waals surface area contributed by atoms with Crippen LogP contribution in [0, 0.1) is 5.82 Å². The highest BCUT2D eigenvalue weighted by atomic mass is 19.1. The van der Waals surface area contributed by atoms with E-state index in [2.05, 4.69) is 30.4 Å². The minimum atomic E-state index is -0.586. The maximum atomic E-state index is 15.7. The molecular formula is C25H28FN7O4. The SMILES string of the molecule is COc1c(CNC(=O)c2nc(C(C)(C)C)no2)ccc(-c2ncnn3cc(N4CCOCC4)cc23)c1F. The Morgan fingerprint density at radius 2 is 2.03 bits per heavy atom. The molecule has 0 spiro atoms. The van der Waals surface area contributed by atoms with Gasteiger partial charge in [0.15, 0.2) is 17.4 Å². The van der Waals surface area contributed by atoms with E-state index in [1.165, 1.54) is 13.4 Å². The van der Waals surface area contributed by atoms with Crippen LogP contribution in [0.1, 0.15) is 42.8 Å². The van der Waals surface area contributed by atoms with Gasteiger partial charge in [-0.3, -0.25) is 4.79 Å². The molecule has 1 N–H and O–H groups in total. The Bertz CT molecular complexity index is 1440. The summed E-state index contributed by atoms with van der Waals surface area (Å²) in [5, 5.41) is 10.8. The van der Waals surface area contributed by atoms with Crippen molar-refractivity contribution in [2.75, 3.05) is 38.3 Å². The highest BCUT2D eigenvalue weighted by Crippen LogP contribution is 2.34. The van der Waals surface area contributed by atoms with Gasteiger partial charge in [0, 0.05) is 36.2 Å². The fourth-order valence-electron chi connectivity index (χ4n) is 4.13. The zero-order valence-corrected chi connectivity index (χ0v) is 21.1. The summed E-state index contributed by atoms with van der Waals surface area (Å²) in [6.45, 7) is 8.58. The molecule has 0 atom stereocenters. The monoisotopic (exact) mass is 509 g/mol. The number of nitrogens with zero attached hydrogens (tertiary/aromatic N) is 6. The molecule has 0 unspecified atom stereocenters. The number of morpholine rings is 1. The average molecular weight is 510 g/mol. The number of benzene rings is 1. The minimum absolute atomic E-state index is 0.00206. The fourth-order valence-corrected chi connectivity index (χ4v) is 4.13. The predicted octanol–water partition coefficient (Wildman–Crippen LogP) is 2.99. The van der Waals surface area contributed by atoms with Crippen LogP contribution < -0.4 is 15.0 Å². The molecule has 4 aromatic rings. The summed E-state index contributed by atoms with van der Waals surface area (Å²) in [5.41, 5.74) is 2.41. The van der Waals surface area contributed by atoms with E-state index < -0.39 is 11.7 Å². The first kappa shape index (κ1) is 24.6. The summed E-state index contributed by atoms with van der Waals surface area (Å²) in [4.78, 5) is 23.2. The number of carbonyl (C=O) groups excluding carboxylic acids is 1. The number of hydrogen-bond donors (Lipinski definition) is 1. The number of anilines is 1. The fraction of sp³-hybridized carbons (Fsp3) is 0.400. The van der Waals surface area contributed by atoms with E-state index in [1.807, 2.05) is 33.0 Å². The maximum absolute atomic E-state index is 15.7. The zero-order valence-electron chi connectivity index (χ0n) is 21.1. The van der Waals surface area contributed by atoms with Crippen molar-refractivity contribution in [2.45, 2.75) is 32.7 Å². The summed E-state index contributed by atoms with van der Waals surface area (Å²) in [7, 11) is 1.38. The van der Waals surface area contributed by atoms with E-state index >= 15 is 4.39 Å². The van der Waals surface area contributed by atoms with E-state index in [4.69, 9.17) is 14.0 Å². The van der Waals surface area contributed by atoms with Gasteiger partial charge in [-0.1, -0.05) is 32.0 Å². The molecular weight excluding hydrogens is 481 g/mol. The van der Waals surface area contributed by atoms with Gasteiger partial charge in [0.2, 0.25) is 0 Å². The molecule has 0 radical (unpaired) electrons. The van der Waals surface area contributed by atoms with Crippen molar-refractivity contribution in [2.24, 2.45) is 0 Å². The van der Waals surface area contributed by atoms with Gasteiger partial charge in [0.1, 0.15) is 12.0 Å². The third-order valence-corrected chi connectivity index (χ3v) is 6.14. The normalized spacial score (nSPS) is 14.2. The van der Waals surface area contributed by atoms with Crippen LogP contribution in [0.4, 0.5) is 10.1 Å².